The second-order valence-corrected chi connectivity index (χ2v) is 5.60. The maximum absolute atomic E-state index is 9.15. The van der Waals surface area contributed by atoms with Gasteiger partial charge < -0.3 is 14.4 Å². The Kier molecular flexibility index (Phi) is 3.39. The summed E-state index contributed by atoms with van der Waals surface area (Å²) in [6, 6.07) is 5.41. The second-order valence-electron chi connectivity index (χ2n) is 5.60. The van der Waals surface area contributed by atoms with E-state index >= 15 is 0 Å². The SMILES string of the molecule is CC1(C)OB(c2ccc(CO)nc2C#N)OC1(C)C. The van der Waals surface area contributed by atoms with Crippen LogP contribution in [0.15, 0.2) is 12.1 Å². The third-order valence-electron chi connectivity index (χ3n) is 3.76. The predicted octanol–water partition coefficient (Wildman–Crippen LogP) is 0.745. The van der Waals surface area contributed by atoms with E-state index in [-0.39, 0.29) is 12.3 Å². The number of rotatable bonds is 2. The molecule has 2 heterocycles. The number of aromatic nitrogens is 1. The Hall–Kier alpha value is -1.42. The van der Waals surface area contributed by atoms with Crippen molar-refractivity contribution in [3.63, 3.8) is 0 Å². The van der Waals surface area contributed by atoms with Crippen molar-refractivity contribution in [2.75, 3.05) is 0 Å². The van der Waals surface area contributed by atoms with Gasteiger partial charge in [0.2, 0.25) is 0 Å². The van der Waals surface area contributed by atoms with Crippen LogP contribution >= 0.6 is 0 Å². The number of pyridine rings is 1. The standard InChI is InChI=1S/C13H17BN2O3/c1-12(2)13(3,4)19-14(18-12)10-6-5-9(8-17)16-11(10)7-15/h5-6,17H,8H2,1-4H3. The molecule has 0 amide bonds. The maximum Gasteiger partial charge on any atom is 0.497 e. The fourth-order valence-corrected chi connectivity index (χ4v) is 1.85. The summed E-state index contributed by atoms with van der Waals surface area (Å²) in [6.45, 7) is 7.62. The molecule has 1 fully saturated rings. The predicted molar refractivity (Wildman–Crippen MR) is 70.6 cm³/mol. The molecule has 6 heteroatoms. The molecule has 0 radical (unpaired) electrons. The summed E-state index contributed by atoms with van der Waals surface area (Å²) < 4.78 is 11.8. The molecule has 1 aromatic heterocycles. The molecule has 1 saturated heterocycles. The van der Waals surface area contributed by atoms with Gasteiger partial charge in [0, 0.05) is 5.46 Å². The fourth-order valence-electron chi connectivity index (χ4n) is 1.85. The van der Waals surface area contributed by atoms with Gasteiger partial charge in [-0.05, 0) is 33.8 Å². The highest BCUT2D eigenvalue weighted by Crippen LogP contribution is 2.36. The fraction of sp³-hybridized carbons (Fsp3) is 0.538. The van der Waals surface area contributed by atoms with E-state index in [4.69, 9.17) is 19.7 Å². The largest absolute Gasteiger partial charge is 0.497 e. The normalized spacial score (nSPS) is 20.3. The highest BCUT2D eigenvalue weighted by atomic mass is 16.7. The van der Waals surface area contributed by atoms with Crippen LogP contribution in [0.1, 0.15) is 39.1 Å². The lowest BCUT2D eigenvalue weighted by Crippen LogP contribution is -2.41. The highest BCUT2D eigenvalue weighted by Gasteiger charge is 2.52. The van der Waals surface area contributed by atoms with Gasteiger partial charge in [0.05, 0.1) is 23.5 Å². The number of hydrogen-bond donors (Lipinski definition) is 1. The molecule has 0 atom stereocenters. The van der Waals surface area contributed by atoms with Crippen molar-refractivity contribution in [2.45, 2.75) is 45.5 Å². The van der Waals surface area contributed by atoms with Crippen molar-refractivity contribution >= 4 is 12.6 Å². The van der Waals surface area contributed by atoms with E-state index in [9.17, 15) is 0 Å². The lowest BCUT2D eigenvalue weighted by molar-refractivity contribution is 0.00578. The van der Waals surface area contributed by atoms with Gasteiger partial charge in [-0.1, -0.05) is 6.07 Å². The van der Waals surface area contributed by atoms with Gasteiger partial charge in [0.1, 0.15) is 11.8 Å². The molecule has 0 saturated carbocycles. The molecule has 1 aromatic rings. The Morgan fingerprint density at radius 3 is 2.32 bits per heavy atom. The smallest absolute Gasteiger partial charge is 0.399 e. The Labute approximate surface area is 113 Å². The van der Waals surface area contributed by atoms with Crippen molar-refractivity contribution in [2.24, 2.45) is 0 Å². The molecule has 1 aliphatic rings. The van der Waals surface area contributed by atoms with Crippen LogP contribution < -0.4 is 5.46 Å². The molecule has 5 nitrogen and oxygen atoms in total. The van der Waals surface area contributed by atoms with Gasteiger partial charge in [-0.15, -0.1) is 0 Å². The summed E-state index contributed by atoms with van der Waals surface area (Å²) in [4.78, 5) is 4.08. The van der Waals surface area contributed by atoms with Crippen molar-refractivity contribution in [3.05, 3.63) is 23.5 Å². The lowest BCUT2D eigenvalue weighted by Gasteiger charge is -2.32. The van der Waals surface area contributed by atoms with E-state index < -0.39 is 18.3 Å². The number of aliphatic hydroxyl groups excluding tert-OH is 1. The minimum Gasteiger partial charge on any atom is -0.399 e. The van der Waals surface area contributed by atoms with E-state index in [1.54, 1.807) is 12.1 Å². The molecular weight excluding hydrogens is 243 g/mol. The average molecular weight is 260 g/mol. The van der Waals surface area contributed by atoms with Crippen molar-refractivity contribution in [1.82, 2.24) is 4.98 Å². The van der Waals surface area contributed by atoms with E-state index in [1.165, 1.54) is 0 Å². The third kappa shape index (κ3) is 2.37. The zero-order valence-electron chi connectivity index (χ0n) is 11.6. The van der Waals surface area contributed by atoms with Crippen molar-refractivity contribution < 1.29 is 14.4 Å². The van der Waals surface area contributed by atoms with Crippen LogP contribution in [0.5, 0.6) is 0 Å². The lowest BCUT2D eigenvalue weighted by atomic mass is 9.78. The number of nitrogens with zero attached hydrogens (tertiary/aromatic N) is 2. The second kappa shape index (κ2) is 4.60. The molecule has 100 valence electrons. The summed E-state index contributed by atoms with van der Waals surface area (Å²) in [7, 11) is -0.611. The molecule has 2 rings (SSSR count). The monoisotopic (exact) mass is 260 g/mol. The van der Waals surface area contributed by atoms with Crippen LogP contribution in [0.2, 0.25) is 0 Å². The minimum absolute atomic E-state index is 0.196. The van der Waals surface area contributed by atoms with E-state index in [0.29, 0.717) is 11.2 Å². The molecule has 0 aliphatic carbocycles. The van der Waals surface area contributed by atoms with E-state index in [0.717, 1.165) is 0 Å². The van der Waals surface area contributed by atoms with Crippen LogP contribution in [0, 0.1) is 11.3 Å². The van der Waals surface area contributed by atoms with Crippen molar-refractivity contribution in [3.8, 4) is 6.07 Å². The summed E-state index contributed by atoms with van der Waals surface area (Å²) in [5.74, 6) is 0. The van der Waals surface area contributed by atoms with Crippen LogP contribution in [0.4, 0.5) is 0 Å². The number of aliphatic hydroxyl groups is 1. The molecule has 0 unspecified atom stereocenters. The first kappa shape index (κ1) is 14.0. The van der Waals surface area contributed by atoms with E-state index in [2.05, 4.69) is 4.98 Å². The first-order chi connectivity index (χ1) is 8.80. The molecule has 19 heavy (non-hydrogen) atoms. The summed E-state index contributed by atoms with van der Waals surface area (Å²) >= 11 is 0. The van der Waals surface area contributed by atoms with Crippen LogP contribution in [-0.4, -0.2) is 28.4 Å². The van der Waals surface area contributed by atoms with Gasteiger partial charge in [0.15, 0.2) is 0 Å². The Morgan fingerprint density at radius 1 is 1.26 bits per heavy atom. The molecule has 0 bridgehead atoms. The Balaban J connectivity index is 2.37. The first-order valence-electron chi connectivity index (χ1n) is 6.17. The minimum atomic E-state index is -0.611. The topological polar surface area (TPSA) is 75.4 Å². The van der Waals surface area contributed by atoms with Gasteiger partial charge in [0.25, 0.3) is 0 Å². The van der Waals surface area contributed by atoms with Crippen LogP contribution in [0.3, 0.4) is 0 Å². The Morgan fingerprint density at radius 2 is 1.84 bits per heavy atom. The van der Waals surface area contributed by atoms with Gasteiger partial charge in [-0.2, -0.15) is 5.26 Å². The van der Waals surface area contributed by atoms with Gasteiger partial charge in [-0.3, -0.25) is 0 Å². The number of hydrogen-bond acceptors (Lipinski definition) is 5. The average Bonchev–Trinajstić information content (AvgIpc) is 2.57. The van der Waals surface area contributed by atoms with Crippen LogP contribution in [-0.2, 0) is 15.9 Å². The van der Waals surface area contributed by atoms with E-state index in [1.807, 2.05) is 33.8 Å². The molecular formula is C13H17BN2O3. The van der Waals surface area contributed by atoms with Gasteiger partial charge >= 0.3 is 7.12 Å². The maximum atomic E-state index is 9.15. The van der Waals surface area contributed by atoms with Crippen LogP contribution in [0.25, 0.3) is 0 Å². The summed E-state index contributed by atoms with van der Waals surface area (Å²) in [6.07, 6.45) is 0. The zero-order valence-corrected chi connectivity index (χ0v) is 11.6. The number of nitriles is 1. The first-order valence-corrected chi connectivity index (χ1v) is 6.17. The molecule has 1 N–H and O–H groups in total. The molecule has 0 aromatic carbocycles. The molecule has 0 spiro atoms. The molecule has 1 aliphatic heterocycles. The van der Waals surface area contributed by atoms with Gasteiger partial charge in [-0.25, -0.2) is 4.98 Å². The highest BCUT2D eigenvalue weighted by molar-refractivity contribution is 6.62. The summed E-state index contributed by atoms with van der Waals surface area (Å²) in [5, 5.41) is 18.2. The quantitative estimate of drug-likeness (QED) is 0.794. The Bertz CT molecular complexity index is 521. The van der Waals surface area contributed by atoms with Crippen molar-refractivity contribution in [1.29, 1.82) is 5.26 Å². The zero-order chi connectivity index (χ0) is 14.3. The summed E-state index contributed by atoms with van der Waals surface area (Å²) in [5.41, 5.74) is 0.361. The third-order valence-corrected chi connectivity index (χ3v) is 3.76.